The van der Waals surface area contributed by atoms with Crippen molar-refractivity contribution in [2.45, 2.75) is 20.3 Å². The van der Waals surface area contributed by atoms with Crippen LogP contribution in [0.5, 0.6) is 0 Å². The molecule has 1 aromatic carbocycles. The van der Waals surface area contributed by atoms with E-state index in [-0.39, 0.29) is 11.8 Å². The Kier molecular flexibility index (Phi) is 6.84. The Labute approximate surface area is 137 Å². The lowest BCUT2D eigenvalue weighted by Crippen LogP contribution is -2.45. The fourth-order valence-corrected chi connectivity index (χ4v) is 1.95. The van der Waals surface area contributed by atoms with Crippen LogP contribution in [-0.2, 0) is 9.59 Å². The van der Waals surface area contributed by atoms with Crippen LogP contribution in [-0.4, -0.2) is 43.9 Å². The van der Waals surface area contributed by atoms with E-state index in [1.807, 2.05) is 19.0 Å². The Morgan fingerprint density at radius 1 is 1.18 bits per heavy atom. The van der Waals surface area contributed by atoms with Gasteiger partial charge in [-0.3, -0.25) is 9.59 Å². The highest BCUT2D eigenvalue weighted by Crippen LogP contribution is 2.24. The summed E-state index contributed by atoms with van der Waals surface area (Å²) < 4.78 is 0. The molecular weight excluding hydrogens is 302 g/mol. The van der Waals surface area contributed by atoms with Crippen molar-refractivity contribution in [3.63, 3.8) is 0 Å². The van der Waals surface area contributed by atoms with E-state index >= 15 is 0 Å². The highest BCUT2D eigenvalue weighted by Gasteiger charge is 2.36. The SMILES string of the molecule is CN(C)CCCNC(=O)C(C)(C)C(=O)Nc1ccccc1Cl. The maximum Gasteiger partial charge on any atom is 0.239 e. The summed E-state index contributed by atoms with van der Waals surface area (Å²) in [6.07, 6.45) is 0.834. The number of nitrogens with zero attached hydrogens (tertiary/aromatic N) is 1. The van der Waals surface area contributed by atoms with Crippen LogP contribution >= 0.6 is 11.6 Å². The molecule has 2 N–H and O–H groups in total. The van der Waals surface area contributed by atoms with Crippen molar-refractivity contribution < 1.29 is 9.59 Å². The Hall–Kier alpha value is -1.59. The summed E-state index contributed by atoms with van der Waals surface area (Å²) in [5, 5.41) is 5.94. The lowest BCUT2D eigenvalue weighted by atomic mass is 9.91. The third kappa shape index (κ3) is 5.31. The second-order valence-corrected chi connectivity index (χ2v) is 6.38. The number of benzene rings is 1. The Morgan fingerprint density at radius 2 is 1.82 bits per heavy atom. The van der Waals surface area contributed by atoms with Crippen LogP contribution in [0, 0.1) is 5.41 Å². The zero-order valence-electron chi connectivity index (χ0n) is 13.6. The second kappa shape index (κ2) is 8.15. The van der Waals surface area contributed by atoms with E-state index in [9.17, 15) is 9.59 Å². The molecule has 0 fully saturated rings. The summed E-state index contributed by atoms with van der Waals surface area (Å²) in [6, 6.07) is 6.94. The Balaban J connectivity index is 2.58. The lowest BCUT2D eigenvalue weighted by molar-refractivity contribution is -0.138. The van der Waals surface area contributed by atoms with Crippen molar-refractivity contribution in [1.82, 2.24) is 10.2 Å². The zero-order valence-corrected chi connectivity index (χ0v) is 14.3. The number of anilines is 1. The first-order valence-electron chi connectivity index (χ1n) is 7.24. The van der Waals surface area contributed by atoms with Gasteiger partial charge in [-0.1, -0.05) is 23.7 Å². The third-order valence-corrected chi connectivity index (χ3v) is 3.65. The lowest BCUT2D eigenvalue weighted by Gasteiger charge is -2.23. The summed E-state index contributed by atoms with van der Waals surface area (Å²) in [5.41, 5.74) is -0.667. The van der Waals surface area contributed by atoms with E-state index in [1.165, 1.54) is 0 Å². The van der Waals surface area contributed by atoms with E-state index in [0.717, 1.165) is 13.0 Å². The van der Waals surface area contributed by atoms with Gasteiger partial charge in [-0.15, -0.1) is 0 Å². The number of rotatable bonds is 7. The van der Waals surface area contributed by atoms with Crippen molar-refractivity contribution in [3.05, 3.63) is 29.3 Å². The number of nitrogens with one attached hydrogen (secondary N) is 2. The standard InChI is InChI=1S/C16H24ClN3O2/c1-16(2,14(21)18-10-7-11-20(3)4)15(22)19-13-9-6-5-8-12(13)17/h5-6,8-9H,7,10-11H2,1-4H3,(H,18,21)(H,19,22). The van der Waals surface area contributed by atoms with Crippen LogP contribution in [0.4, 0.5) is 5.69 Å². The monoisotopic (exact) mass is 325 g/mol. The number of hydrogen-bond acceptors (Lipinski definition) is 3. The smallest absolute Gasteiger partial charge is 0.239 e. The molecule has 0 unspecified atom stereocenters. The van der Waals surface area contributed by atoms with E-state index in [1.54, 1.807) is 38.1 Å². The number of carbonyl (C=O) groups excluding carboxylic acids is 2. The van der Waals surface area contributed by atoms with Crippen molar-refractivity contribution in [2.24, 2.45) is 5.41 Å². The summed E-state index contributed by atoms with van der Waals surface area (Å²) in [5.74, 6) is -0.679. The van der Waals surface area contributed by atoms with Crippen molar-refractivity contribution in [2.75, 3.05) is 32.5 Å². The van der Waals surface area contributed by atoms with Gasteiger partial charge in [-0.2, -0.15) is 0 Å². The predicted molar refractivity (Wildman–Crippen MR) is 90.0 cm³/mol. The number of amides is 2. The van der Waals surface area contributed by atoms with E-state index in [2.05, 4.69) is 10.6 Å². The van der Waals surface area contributed by atoms with E-state index in [4.69, 9.17) is 11.6 Å². The molecule has 0 saturated heterocycles. The maximum absolute atomic E-state index is 12.3. The van der Waals surface area contributed by atoms with E-state index < -0.39 is 5.41 Å². The van der Waals surface area contributed by atoms with Gasteiger partial charge in [0.1, 0.15) is 5.41 Å². The summed E-state index contributed by atoms with van der Waals surface area (Å²) in [4.78, 5) is 26.6. The highest BCUT2D eigenvalue weighted by atomic mass is 35.5. The fraction of sp³-hybridized carbons (Fsp3) is 0.500. The average molecular weight is 326 g/mol. The third-order valence-electron chi connectivity index (χ3n) is 3.33. The van der Waals surface area contributed by atoms with Gasteiger partial charge in [0.2, 0.25) is 11.8 Å². The molecule has 1 aromatic rings. The second-order valence-electron chi connectivity index (χ2n) is 5.97. The molecule has 1 rings (SSSR count). The first-order chi connectivity index (χ1) is 10.2. The van der Waals surface area contributed by atoms with Crippen LogP contribution in [0.2, 0.25) is 5.02 Å². The predicted octanol–water partition coefficient (Wildman–Crippen LogP) is 2.37. The molecule has 0 atom stereocenters. The minimum absolute atomic E-state index is 0.296. The number of para-hydroxylation sites is 1. The van der Waals surface area contributed by atoms with Crippen LogP contribution in [0.25, 0.3) is 0 Å². The molecular formula is C16H24ClN3O2. The van der Waals surface area contributed by atoms with Crippen LogP contribution < -0.4 is 10.6 Å². The minimum atomic E-state index is -1.17. The van der Waals surface area contributed by atoms with Gasteiger partial charge in [0.25, 0.3) is 0 Å². The van der Waals surface area contributed by atoms with Gasteiger partial charge < -0.3 is 15.5 Å². The molecule has 122 valence electrons. The molecule has 22 heavy (non-hydrogen) atoms. The summed E-state index contributed by atoms with van der Waals surface area (Å²) >= 11 is 6.01. The van der Waals surface area contributed by atoms with Crippen molar-refractivity contribution >= 4 is 29.1 Å². The minimum Gasteiger partial charge on any atom is -0.355 e. The first kappa shape index (κ1) is 18.5. The van der Waals surface area contributed by atoms with Gasteiger partial charge in [0.15, 0.2) is 0 Å². The topological polar surface area (TPSA) is 61.4 Å². The normalized spacial score (nSPS) is 11.4. The van der Waals surface area contributed by atoms with Crippen LogP contribution in [0.15, 0.2) is 24.3 Å². The average Bonchev–Trinajstić information content (AvgIpc) is 2.45. The summed E-state index contributed by atoms with van der Waals surface area (Å²) in [7, 11) is 3.95. The molecule has 5 nitrogen and oxygen atoms in total. The maximum atomic E-state index is 12.3. The number of hydrogen-bond donors (Lipinski definition) is 2. The molecule has 0 aliphatic carbocycles. The van der Waals surface area contributed by atoms with Gasteiger partial charge in [0, 0.05) is 6.54 Å². The van der Waals surface area contributed by atoms with Crippen LogP contribution in [0.1, 0.15) is 20.3 Å². The quantitative estimate of drug-likeness (QED) is 0.597. The molecule has 0 aromatic heterocycles. The Morgan fingerprint density at radius 3 is 2.41 bits per heavy atom. The molecule has 0 aliphatic rings. The van der Waals surface area contributed by atoms with Gasteiger partial charge in [-0.25, -0.2) is 0 Å². The fourth-order valence-electron chi connectivity index (χ4n) is 1.76. The first-order valence-corrected chi connectivity index (χ1v) is 7.62. The zero-order chi connectivity index (χ0) is 16.8. The number of halogens is 1. The molecule has 0 saturated carbocycles. The molecule has 0 spiro atoms. The molecule has 0 aliphatic heterocycles. The van der Waals surface area contributed by atoms with Gasteiger partial charge >= 0.3 is 0 Å². The highest BCUT2D eigenvalue weighted by molar-refractivity contribution is 6.33. The van der Waals surface area contributed by atoms with Gasteiger partial charge in [-0.05, 0) is 53.0 Å². The van der Waals surface area contributed by atoms with Gasteiger partial charge in [0.05, 0.1) is 10.7 Å². The molecule has 0 bridgehead atoms. The largest absolute Gasteiger partial charge is 0.355 e. The van der Waals surface area contributed by atoms with E-state index in [0.29, 0.717) is 17.3 Å². The number of carbonyl (C=O) groups is 2. The van der Waals surface area contributed by atoms with Crippen molar-refractivity contribution in [3.8, 4) is 0 Å². The summed E-state index contributed by atoms with van der Waals surface area (Å²) in [6.45, 7) is 4.62. The van der Waals surface area contributed by atoms with Crippen LogP contribution in [0.3, 0.4) is 0 Å². The molecule has 0 heterocycles. The molecule has 0 radical (unpaired) electrons. The van der Waals surface area contributed by atoms with Crippen molar-refractivity contribution in [1.29, 1.82) is 0 Å². The Bertz CT molecular complexity index is 530. The molecule has 6 heteroatoms. The molecule has 2 amide bonds.